The minimum atomic E-state index is -0.378. The Kier molecular flexibility index (Phi) is 4.69. The maximum atomic E-state index is 10.7. The van der Waals surface area contributed by atoms with E-state index in [-0.39, 0.29) is 6.10 Å². The van der Waals surface area contributed by atoms with Gasteiger partial charge in [0.05, 0.1) is 19.3 Å². The maximum absolute atomic E-state index is 10.7. The molecule has 2 aliphatic rings. The van der Waals surface area contributed by atoms with Crippen LogP contribution in [0, 0.1) is 11.8 Å². The van der Waals surface area contributed by atoms with Crippen LogP contribution >= 0.6 is 0 Å². The highest BCUT2D eigenvalue weighted by Gasteiger charge is 2.28. The van der Waals surface area contributed by atoms with E-state index in [4.69, 9.17) is 9.47 Å². The lowest BCUT2D eigenvalue weighted by Gasteiger charge is -2.32. The molecule has 0 saturated heterocycles. The third kappa shape index (κ3) is 3.34. The van der Waals surface area contributed by atoms with Crippen molar-refractivity contribution in [2.45, 2.75) is 51.6 Å². The summed E-state index contributed by atoms with van der Waals surface area (Å²) >= 11 is 0. The molecule has 3 unspecified atom stereocenters. The molecule has 0 radical (unpaired) electrons. The fourth-order valence-corrected chi connectivity index (χ4v) is 3.63. The molecule has 1 aromatic rings. The van der Waals surface area contributed by atoms with Gasteiger partial charge in [0.25, 0.3) is 0 Å². The Balaban J connectivity index is 1.75. The van der Waals surface area contributed by atoms with Crippen LogP contribution in [0.4, 0.5) is 0 Å². The Labute approximate surface area is 127 Å². The summed E-state index contributed by atoms with van der Waals surface area (Å²) in [5.41, 5.74) is 0.973. The molecule has 1 heterocycles. The molecule has 1 N–H and O–H groups in total. The lowest BCUT2D eigenvalue weighted by Crippen LogP contribution is -2.21. The van der Waals surface area contributed by atoms with Crippen molar-refractivity contribution in [3.05, 3.63) is 23.8 Å². The number of hydrogen-bond acceptors (Lipinski definition) is 3. The van der Waals surface area contributed by atoms with Gasteiger partial charge in [0, 0.05) is 6.42 Å². The van der Waals surface area contributed by atoms with Gasteiger partial charge >= 0.3 is 0 Å². The zero-order valence-corrected chi connectivity index (χ0v) is 12.9. The summed E-state index contributed by atoms with van der Waals surface area (Å²) in [7, 11) is 0. The molecule has 0 spiro atoms. The van der Waals surface area contributed by atoms with Crippen molar-refractivity contribution in [3.63, 3.8) is 0 Å². The summed E-state index contributed by atoms with van der Waals surface area (Å²) in [6.45, 7) is 3.65. The van der Waals surface area contributed by atoms with Gasteiger partial charge in [-0.25, -0.2) is 0 Å². The quantitative estimate of drug-likeness (QED) is 0.911. The van der Waals surface area contributed by atoms with Crippen LogP contribution in [0.2, 0.25) is 0 Å². The number of ether oxygens (including phenoxy) is 2. The van der Waals surface area contributed by atoms with Crippen LogP contribution in [-0.4, -0.2) is 18.3 Å². The predicted molar refractivity (Wildman–Crippen MR) is 82.7 cm³/mol. The second-order valence-electron chi connectivity index (χ2n) is 6.40. The Morgan fingerprint density at radius 1 is 1.14 bits per heavy atom. The molecule has 0 amide bonds. The molecule has 1 saturated carbocycles. The molecule has 3 heteroatoms. The molecule has 21 heavy (non-hydrogen) atoms. The van der Waals surface area contributed by atoms with Gasteiger partial charge in [-0.3, -0.25) is 0 Å². The first kappa shape index (κ1) is 14.7. The molecule has 1 aliphatic carbocycles. The SMILES string of the molecule is CCC1CCCC(C(O)c2ccc3c(c2)OCCCO3)C1. The van der Waals surface area contributed by atoms with Gasteiger partial charge < -0.3 is 14.6 Å². The van der Waals surface area contributed by atoms with Crippen LogP contribution < -0.4 is 9.47 Å². The average molecular weight is 290 g/mol. The number of aliphatic hydroxyl groups is 1. The van der Waals surface area contributed by atoms with Crippen LogP contribution in [-0.2, 0) is 0 Å². The first-order valence-corrected chi connectivity index (χ1v) is 8.35. The topological polar surface area (TPSA) is 38.7 Å². The normalized spacial score (nSPS) is 27.0. The third-order valence-corrected chi connectivity index (χ3v) is 4.96. The van der Waals surface area contributed by atoms with E-state index >= 15 is 0 Å². The predicted octanol–water partition coefficient (Wildman–Crippen LogP) is 4.10. The molecule has 116 valence electrons. The van der Waals surface area contributed by atoms with E-state index < -0.39 is 0 Å². The van der Waals surface area contributed by atoms with Gasteiger partial charge in [0.1, 0.15) is 0 Å². The Morgan fingerprint density at radius 2 is 1.95 bits per heavy atom. The number of rotatable bonds is 3. The lowest BCUT2D eigenvalue weighted by atomic mass is 9.76. The molecule has 0 aromatic heterocycles. The molecule has 3 atom stereocenters. The van der Waals surface area contributed by atoms with Gasteiger partial charge in [-0.1, -0.05) is 32.3 Å². The largest absolute Gasteiger partial charge is 0.490 e. The highest BCUT2D eigenvalue weighted by Crippen LogP contribution is 2.40. The number of fused-ring (bicyclic) bond motifs is 1. The Morgan fingerprint density at radius 3 is 2.76 bits per heavy atom. The summed E-state index contributed by atoms with van der Waals surface area (Å²) in [4.78, 5) is 0. The lowest BCUT2D eigenvalue weighted by molar-refractivity contribution is 0.0676. The zero-order valence-electron chi connectivity index (χ0n) is 12.9. The molecule has 0 bridgehead atoms. The Hall–Kier alpha value is -1.22. The van der Waals surface area contributed by atoms with Gasteiger partial charge in [-0.2, -0.15) is 0 Å². The van der Waals surface area contributed by atoms with Crippen LogP contribution in [0.1, 0.15) is 57.1 Å². The van der Waals surface area contributed by atoms with E-state index in [1.54, 1.807) is 0 Å². The van der Waals surface area contributed by atoms with Gasteiger partial charge in [0.15, 0.2) is 11.5 Å². The summed E-state index contributed by atoms with van der Waals surface area (Å²) in [5.74, 6) is 2.75. The van der Waals surface area contributed by atoms with Gasteiger partial charge in [-0.05, 0) is 42.4 Å². The highest BCUT2D eigenvalue weighted by molar-refractivity contribution is 5.44. The molecular formula is C18H26O3. The number of benzene rings is 1. The van der Waals surface area contributed by atoms with Crippen molar-refractivity contribution in [3.8, 4) is 11.5 Å². The standard InChI is InChI=1S/C18H26O3/c1-2-13-5-3-6-14(11-13)18(19)15-7-8-16-17(12-15)21-10-4-9-20-16/h7-8,12-14,18-19H,2-6,9-11H2,1H3. The van der Waals surface area contributed by atoms with Crippen LogP contribution in [0.5, 0.6) is 11.5 Å². The van der Waals surface area contributed by atoms with E-state index in [2.05, 4.69) is 6.92 Å². The summed E-state index contributed by atoms with van der Waals surface area (Å²) in [5, 5.41) is 10.7. The first-order valence-electron chi connectivity index (χ1n) is 8.35. The second-order valence-corrected chi connectivity index (χ2v) is 6.40. The fourth-order valence-electron chi connectivity index (χ4n) is 3.63. The molecule has 1 aliphatic heterocycles. The smallest absolute Gasteiger partial charge is 0.161 e. The van der Waals surface area contributed by atoms with Gasteiger partial charge in [0.2, 0.25) is 0 Å². The monoisotopic (exact) mass is 290 g/mol. The van der Waals surface area contributed by atoms with Crippen molar-refractivity contribution in [2.75, 3.05) is 13.2 Å². The maximum Gasteiger partial charge on any atom is 0.161 e. The second kappa shape index (κ2) is 6.69. The van der Waals surface area contributed by atoms with Crippen molar-refractivity contribution in [1.82, 2.24) is 0 Å². The summed E-state index contributed by atoms with van der Waals surface area (Å²) < 4.78 is 11.4. The Bertz CT molecular complexity index is 472. The highest BCUT2D eigenvalue weighted by atomic mass is 16.5. The van der Waals surface area contributed by atoms with E-state index in [1.165, 1.54) is 19.3 Å². The first-order chi connectivity index (χ1) is 10.3. The average Bonchev–Trinajstić information content (AvgIpc) is 2.78. The van der Waals surface area contributed by atoms with Crippen molar-refractivity contribution in [1.29, 1.82) is 0 Å². The summed E-state index contributed by atoms with van der Waals surface area (Å²) in [6.07, 6.45) is 6.60. The minimum Gasteiger partial charge on any atom is -0.490 e. The molecule has 1 fully saturated rings. The number of hydrogen-bond donors (Lipinski definition) is 1. The van der Waals surface area contributed by atoms with E-state index in [9.17, 15) is 5.11 Å². The molecule has 3 nitrogen and oxygen atoms in total. The van der Waals surface area contributed by atoms with E-state index in [0.717, 1.165) is 42.2 Å². The molecule has 1 aromatic carbocycles. The molecular weight excluding hydrogens is 264 g/mol. The van der Waals surface area contributed by atoms with Crippen LogP contribution in [0.3, 0.4) is 0 Å². The minimum absolute atomic E-state index is 0.378. The zero-order chi connectivity index (χ0) is 14.7. The van der Waals surface area contributed by atoms with Gasteiger partial charge in [-0.15, -0.1) is 0 Å². The van der Waals surface area contributed by atoms with E-state index in [1.807, 2.05) is 18.2 Å². The van der Waals surface area contributed by atoms with Crippen LogP contribution in [0.25, 0.3) is 0 Å². The number of aliphatic hydroxyl groups excluding tert-OH is 1. The third-order valence-electron chi connectivity index (χ3n) is 4.96. The van der Waals surface area contributed by atoms with Crippen molar-refractivity contribution >= 4 is 0 Å². The van der Waals surface area contributed by atoms with Crippen molar-refractivity contribution in [2.24, 2.45) is 11.8 Å². The van der Waals surface area contributed by atoms with Crippen molar-refractivity contribution < 1.29 is 14.6 Å². The fraction of sp³-hybridized carbons (Fsp3) is 0.667. The van der Waals surface area contributed by atoms with Crippen LogP contribution in [0.15, 0.2) is 18.2 Å². The summed E-state index contributed by atoms with van der Waals surface area (Å²) in [6, 6.07) is 5.91. The molecule has 3 rings (SSSR count). The van der Waals surface area contributed by atoms with E-state index in [0.29, 0.717) is 19.1 Å².